The van der Waals surface area contributed by atoms with Crippen LogP contribution < -0.4 is 5.32 Å². The zero-order chi connectivity index (χ0) is 11.4. The van der Waals surface area contributed by atoms with Crippen LogP contribution in [0.3, 0.4) is 0 Å². The number of hydrogen-bond acceptors (Lipinski definition) is 4. The van der Waals surface area contributed by atoms with Gasteiger partial charge in [0.15, 0.2) is 0 Å². The van der Waals surface area contributed by atoms with Crippen LogP contribution in [0.15, 0.2) is 39.5 Å². The molecule has 1 aromatic carbocycles. The van der Waals surface area contributed by atoms with Crippen molar-refractivity contribution in [3.63, 3.8) is 0 Å². The van der Waals surface area contributed by atoms with Gasteiger partial charge in [0.1, 0.15) is 11.5 Å². The normalized spacial score (nSPS) is 10.6. The zero-order valence-corrected chi connectivity index (χ0v) is 10.1. The first-order chi connectivity index (χ1) is 7.75. The van der Waals surface area contributed by atoms with E-state index in [0.717, 1.165) is 11.3 Å². The van der Waals surface area contributed by atoms with Gasteiger partial charge in [-0.25, -0.2) is 0 Å². The molecule has 0 aliphatic rings. The minimum atomic E-state index is 0.249. The third-order valence-electron chi connectivity index (χ3n) is 2.13. The van der Waals surface area contributed by atoms with E-state index in [0.29, 0.717) is 17.6 Å². The Morgan fingerprint density at radius 2 is 2.19 bits per heavy atom. The van der Waals surface area contributed by atoms with Gasteiger partial charge >= 0.3 is 0 Å². The lowest BCUT2D eigenvalue weighted by atomic mass is 10.2. The lowest BCUT2D eigenvalue weighted by Crippen LogP contribution is -2.11. The zero-order valence-electron chi connectivity index (χ0n) is 8.48. The molecule has 0 aliphatic heterocycles. The Morgan fingerprint density at radius 3 is 2.88 bits per heavy atom. The van der Waals surface area contributed by atoms with Crippen LogP contribution in [-0.2, 0) is 13.1 Å². The number of nitrogens with zero attached hydrogens (tertiary/aromatic N) is 1. The SMILES string of the molecule is Oc1ccc(CNCc2ccno2)cc1Br. The van der Waals surface area contributed by atoms with Crippen molar-refractivity contribution in [2.45, 2.75) is 13.1 Å². The summed E-state index contributed by atoms with van der Waals surface area (Å²) in [6.07, 6.45) is 1.62. The van der Waals surface area contributed by atoms with E-state index >= 15 is 0 Å². The third kappa shape index (κ3) is 2.84. The summed E-state index contributed by atoms with van der Waals surface area (Å²) in [5.41, 5.74) is 1.09. The smallest absolute Gasteiger partial charge is 0.150 e. The summed E-state index contributed by atoms with van der Waals surface area (Å²) in [6, 6.07) is 7.23. The second-order valence-electron chi connectivity index (χ2n) is 3.37. The Bertz CT molecular complexity index is 457. The van der Waals surface area contributed by atoms with Crippen LogP contribution in [0.5, 0.6) is 5.75 Å². The van der Waals surface area contributed by atoms with Crippen molar-refractivity contribution in [2.24, 2.45) is 0 Å². The molecule has 0 saturated heterocycles. The van der Waals surface area contributed by atoms with Crippen molar-refractivity contribution in [1.82, 2.24) is 10.5 Å². The second kappa shape index (κ2) is 5.14. The molecule has 2 N–H and O–H groups in total. The second-order valence-corrected chi connectivity index (χ2v) is 4.22. The lowest BCUT2D eigenvalue weighted by molar-refractivity contribution is 0.372. The van der Waals surface area contributed by atoms with E-state index in [1.807, 2.05) is 18.2 Å². The van der Waals surface area contributed by atoms with Gasteiger partial charge in [-0.2, -0.15) is 0 Å². The summed E-state index contributed by atoms with van der Waals surface area (Å²) >= 11 is 3.27. The standard InChI is InChI=1S/C11H11BrN2O2/c12-10-5-8(1-2-11(10)15)6-13-7-9-3-4-14-16-9/h1-5,13,15H,6-7H2. The van der Waals surface area contributed by atoms with Gasteiger partial charge in [0, 0.05) is 12.6 Å². The topological polar surface area (TPSA) is 58.3 Å². The molecule has 4 nitrogen and oxygen atoms in total. The van der Waals surface area contributed by atoms with Gasteiger partial charge in [0.2, 0.25) is 0 Å². The van der Waals surface area contributed by atoms with Crippen LogP contribution in [0.25, 0.3) is 0 Å². The highest BCUT2D eigenvalue weighted by Gasteiger charge is 2.00. The molecule has 0 spiro atoms. The summed E-state index contributed by atoms with van der Waals surface area (Å²) in [5, 5.41) is 16.2. The Morgan fingerprint density at radius 1 is 1.31 bits per heavy atom. The minimum absolute atomic E-state index is 0.249. The summed E-state index contributed by atoms with van der Waals surface area (Å²) < 4.78 is 5.65. The van der Waals surface area contributed by atoms with Crippen molar-refractivity contribution in [1.29, 1.82) is 0 Å². The number of phenols is 1. The number of hydrogen-bond donors (Lipinski definition) is 2. The Balaban J connectivity index is 1.87. The summed E-state index contributed by atoms with van der Waals surface area (Å²) in [5.74, 6) is 1.05. The molecule has 0 radical (unpaired) electrons. The fourth-order valence-corrected chi connectivity index (χ4v) is 1.75. The van der Waals surface area contributed by atoms with Crippen LogP contribution in [-0.4, -0.2) is 10.3 Å². The monoisotopic (exact) mass is 282 g/mol. The van der Waals surface area contributed by atoms with E-state index in [4.69, 9.17) is 4.52 Å². The van der Waals surface area contributed by atoms with Crippen molar-refractivity contribution in [3.05, 3.63) is 46.3 Å². The lowest BCUT2D eigenvalue weighted by Gasteiger charge is -2.04. The maximum atomic E-state index is 9.33. The van der Waals surface area contributed by atoms with E-state index in [1.165, 1.54) is 0 Å². The minimum Gasteiger partial charge on any atom is -0.507 e. The van der Waals surface area contributed by atoms with Gasteiger partial charge in [-0.15, -0.1) is 0 Å². The molecule has 0 amide bonds. The van der Waals surface area contributed by atoms with Crippen LogP contribution in [0.2, 0.25) is 0 Å². The van der Waals surface area contributed by atoms with E-state index in [-0.39, 0.29) is 5.75 Å². The number of rotatable bonds is 4. The highest BCUT2D eigenvalue weighted by atomic mass is 79.9. The number of benzene rings is 1. The largest absolute Gasteiger partial charge is 0.507 e. The highest BCUT2D eigenvalue weighted by Crippen LogP contribution is 2.24. The fraction of sp³-hybridized carbons (Fsp3) is 0.182. The molecule has 0 bridgehead atoms. The molecular formula is C11H11BrN2O2. The average molecular weight is 283 g/mol. The summed E-state index contributed by atoms with van der Waals surface area (Å²) in [7, 11) is 0. The fourth-order valence-electron chi connectivity index (χ4n) is 1.32. The first-order valence-electron chi connectivity index (χ1n) is 4.83. The first kappa shape index (κ1) is 11.2. The van der Waals surface area contributed by atoms with Gasteiger partial charge in [0.25, 0.3) is 0 Å². The van der Waals surface area contributed by atoms with E-state index in [2.05, 4.69) is 26.4 Å². The van der Waals surface area contributed by atoms with Gasteiger partial charge in [0.05, 0.1) is 17.2 Å². The molecule has 2 aromatic rings. The van der Waals surface area contributed by atoms with E-state index in [1.54, 1.807) is 12.3 Å². The Hall–Kier alpha value is -1.33. The third-order valence-corrected chi connectivity index (χ3v) is 2.77. The maximum absolute atomic E-state index is 9.33. The van der Waals surface area contributed by atoms with Gasteiger partial charge in [-0.05, 0) is 33.6 Å². The number of nitrogens with one attached hydrogen (secondary N) is 1. The van der Waals surface area contributed by atoms with Crippen LogP contribution in [0, 0.1) is 0 Å². The van der Waals surface area contributed by atoms with E-state index < -0.39 is 0 Å². The molecule has 0 atom stereocenters. The molecule has 1 aromatic heterocycles. The van der Waals surface area contributed by atoms with Gasteiger partial charge in [-0.3, -0.25) is 0 Å². The van der Waals surface area contributed by atoms with E-state index in [9.17, 15) is 5.11 Å². The van der Waals surface area contributed by atoms with Crippen LogP contribution >= 0.6 is 15.9 Å². The number of phenolic OH excluding ortho intramolecular Hbond substituents is 1. The highest BCUT2D eigenvalue weighted by molar-refractivity contribution is 9.10. The number of aromatic hydroxyl groups is 1. The van der Waals surface area contributed by atoms with Crippen molar-refractivity contribution in [3.8, 4) is 5.75 Å². The molecule has 5 heteroatoms. The Labute approximate surface area is 101 Å². The van der Waals surface area contributed by atoms with Gasteiger partial charge in [-0.1, -0.05) is 11.2 Å². The molecule has 16 heavy (non-hydrogen) atoms. The molecule has 0 unspecified atom stereocenters. The molecule has 0 aliphatic carbocycles. The maximum Gasteiger partial charge on any atom is 0.150 e. The number of halogens is 1. The quantitative estimate of drug-likeness (QED) is 0.904. The average Bonchev–Trinajstić information content (AvgIpc) is 2.76. The van der Waals surface area contributed by atoms with Crippen LogP contribution in [0.1, 0.15) is 11.3 Å². The van der Waals surface area contributed by atoms with Crippen LogP contribution in [0.4, 0.5) is 0 Å². The first-order valence-corrected chi connectivity index (χ1v) is 5.62. The predicted octanol–water partition coefficient (Wildman–Crippen LogP) is 2.43. The molecule has 0 saturated carbocycles. The number of aromatic nitrogens is 1. The van der Waals surface area contributed by atoms with Crippen molar-refractivity contribution >= 4 is 15.9 Å². The van der Waals surface area contributed by atoms with Crippen molar-refractivity contribution in [2.75, 3.05) is 0 Å². The Kier molecular flexibility index (Phi) is 3.58. The molecule has 1 heterocycles. The van der Waals surface area contributed by atoms with Crippen molar-refractivity contribution < 1.29 is 9.63 Å². The summed E-state index contributed by atoms with van der Waals surface area (Å²) in [6.45, 7) is 1.35. The summed E-state index contributed by atoms with van der Waals surface area (Å²) in [4.78, 5) is 0. The molecule has 2 rings (SSSR count). The molecule has 84 valence electrons. The van der Waals surface area contributed by atoms with Gasteiger partial charge < -0.3 is 14.9 Å². The predicted molar refractivity (Wildman–Crippen MR) is 62.9 cm³/mol. The molecule has 0 fully saturated rings. The molecular weight excluding hydrogens is 272 g/mol.